The fourth-order valence-electron chi connectivity index (χ4n) is 3.95. The van der Waals surface area contributed by atoms with Crippen LogP contribution in [0.1, 0.15) is 28.8 Å². The molecule has 1 aliphatic heterocycles. The van der Waals surface area contributed by atoms with E-state index in [1.807, 2.05) is 36.4 Å². The average molecular weight is 393 g/mol. The normalized spacial score (nSPS) is 17.3. The molecule has 0 radical (unpaired) electrons. The molecule has 7 heteroatoms. The molecule has 150 valence electrons. The molecule has 1 aliphatic rings. The molecule has 0 aliphatic carbocycles. The zero-order valence-electron chi connectivity index (χ0n) is 16.2. The Morgan fingerprint density at radius 1 is 1.17 bits per heavy atom. The molecule has 4 rings (SSSR count). The van der Waals surface area contributed by atoms with E-state index in [1.54, 1.807) is 7.11 Å². The van der Waals surface area contributed by atoms with Gasteiger partial charge in [-0.05, 0) is 48.4 Å². The lowest BCUT2D eigenvalue weighted by atomic mass is 9.89. The Kier molecular flexibility index (Phi) is 5.31. The van der Waals surface area contributed by atoms with Gasteiger partial charge in [0.05, 0.1) is 7.11 Å². The summed E-state index contributed by atoms with van der Waals surface area (Å²) in [6.07, 6.45) is 3.17. The van der Waals surface area contributed by atoms with Gasteiger partial charge in [-0.3, -0.25) is 19.5 Å². The van der Waals surface area contributed by atoms with Crippen molar-refractivity contribution in [2.45, 2.75) is 19.4 Å². The molecule has 29 heavy (non-hydrogen) atoms. The predicted molar refractivity (Wildman–Crippen MR) is 111 cm³/mol. The number of aromatic nitrogens is 2. The predicted octanol–water partition coefficient (Wildman–Crippen LogP) is 2.32. The van der Waals surface area contributed by atoms with Gasteiger partial charge < -0.3 is 9.72 Å². The van der Waals surface area contributed by atoms with E-state index < -0.39 is 5.69 Å². The van der Waals surface area contributed by atoms with E-state index in [0.717, 1.165) is 35.9 Å². The van der Waals surface area contributed by atoms with Crippen LogP contribution in [0.25, 0.3) is 10.8 Å². The minimum Gasteiger partial charge on any atom is -0.497 e. The standard InChI is InChI=1S/C22H23N3O4/c1-29-19-7-6-14-9-16(5-4-15(14)10-19)20(26)17-3-2-8-25(12-17)13-18-11-23-22(28)24-21(18)27/h4-7,9-11,17H,2-3,8,12-13H2,1H3,(H2,23,24,27,28)/t17-/m1/s1. The number of ether oxygens (including phenoxy) is 1. The number of carbonyl (C=O) groups excluding carboxylic acids is 1. The van der Waals surface area contributed by atoms with Crippen LogP contribution in [0.4, 0.5) is 0 Å². The number of hydrogen-bond acceptors (Lipinski definition) is 5. The number of H-pyrrole nitrogens is 2. The van der Waals surface area contributed by atoms with Crippen molar-refractivity contribution in [3.8, 4) is 5.75 Å². The van der Waals surface area contributed by atoms with Crippen molar-refractivity contribution < 1.29 is 9.53 Å². The number of nitrogens with one attached hydrogen (secondary N) is 2. The van der Waals surface area contributed by atoms with Gasteiger partial charge in [0, 0.05) is 36.3 Å². The number of nitrogens with zero attached hydrogens (tertiary/aromatic N) is 1. The average Bonchev–Trinajstić information content (AvgIpc) is 2.74. The van der Waals surface area contributed by atoms with Gasteiger partial charge >= 0.3 is 5.69 Å². The molecule has 2 aromatic carbocycles. The van der Waals surface area contributed by atoms with E-state index in [-0.39, 0.29) is 17.3 Å². The highest BCUT2D eigenvalue weighted by atomic mass is 16.5. The maximum Gasteiger partial charge on any atom is 0.325 e. The number of rotatable bonds is 5. The third-order valence-electron chi connectivity index (χ3n) is 5.50. The highest BCUT2D eigenvalue weighted by molar-refractivity contribution is 6.01. The molecule has 0 saturated carbocycles. The van der Waals surface area contributed by atoms with Gasteiger partial charge in [0.2, 0.25) is 0 Å². The van der Waals surface area contributed by atoms with E-state index in [1.165, 1.54) is 6.20 Å². The van der Waals surface area contributed by atoms with Gasteiger partial charge in [-0.1, -0.05) is 18.2 Å². The Balaban J connectivity index is 1.50. The molecule has 1 saturated heterocycles. The number of methoxy groups -OCH3 is 1. The van der Waals surface area contributed by atoms with Crippen LogP contribution in [-0.4, -0.2) is 40.9 Å². The molecule has 1 aromatic heterocycles. The van der Waals surface area contributed by atoms with Crippen molar-refractivity contribution >= 4 is 16.6 Å². The molecule has 0 bridgehead atoms. The summed E-state index contributed by atoms with van der Waals surface area (Å²) in [6, 6.07) is 11.6. The minimum absolute atomic E-state index is 0.110. The first-order chi connectivity index (χ1) is 14.0. The van der Waals surface area contributed by atoms with Gasteiger partial charge in [0.25, 0.3) is 5.56 Å². The van der Waals surface area contributed by atoms with Gasteiger partial charge in [0.15, 0.2) is 5.78 Å². The van der Waals surface area contributed by atoms with Crippen LogP contribution in [0.3, 0.4) is 0 Å². The highest BCUT2D eigenvalue weighted by Gasteiger charge is 2.27. The van der Waals surface area contributed by atoms with Crippen LogP contribution < -0.4 is 16.0 Å². The Bertz CT molecular complexity index is 1160. The molecule has 1 atom stereocenters. The summed E-state index contributed by atoms with van der Waals surface area (Å²) in [7, 11) is 1.63. The first-order valence-electron chi connectivity index (χ1n) is 9.69. The number of aromatic amines is 2. The van der Waals surface area contributed by atoms with Gasteiger partial charge in [-0.25, -0.2) is 4.79 Å². The van der Waals surface area contributed by atoms with Gasteiger partial charge in [-0.2, -0.15) is 0 Å². The maximum absolute atomic E-state index is 13.1. The van der Waals surface area contributed by atoms with Crippen LogP contribution in [0.5, 0.6) is 5.75 Å². The zero-order chi connectivity index (χ0) is 20.4. The third kappa shape index (κ3) is 4.14. The number of Topliss-reactive ketones (excluding diaryl/α,β-unsaturated/α-hetero) is 1. The SMILES string of the molecule is COc1ccc2cc(C(=O)[C@@H]3CCCN(Cc4c[nH]c(=O)[nH]c4=O)C3)ccc2c1. The van der Waals surface area contributed by atoms with E-state index in [2.05, 4.69) is 14.9 Å². The molecule has 7 nitrogen and oxygen atoms in total. The molecule has 1 fully saturated rings. The summed E-state index contributed by atoms with van der Waals surface area (Å²) in [5, 5.41) is 2.03. The summed E-state index contributed by atoms with van der Waals surface area (Å²) >= 11 is 0. The van der Waals surface area contributed by atoms with E-state index in [0.29, 0.717) is 24.2 Å². The number of likely N-dealkylation sites (tertiary alicyclic amines) is 1. The summed E-state index contributed by atoms with van der Waals surface area (Å²) < 4.78 is 5.25. The summed E-state index contributed by atoms with van der Waals surface area (Å²) in [5.41, 5.74) is 0.306. The quantitative estimate of drug-likeness (QED) is 0.649. The number of ketones is 1. The molecule has 2 N–H and O–H groups in total. The van der Waals surface area contributed by atoms with Crippen LogP contribution in [0.2, 0.25) is 0 Å². The largest absolute Gasteiger partial charge is 0.497 e. The van der Waals surface area contributed by atoms with Crippen LogP contribution >= 0.6 is 0 Å². The Labute approximate surface area is 167 Å². The van der Waals surface area contributed by atoms with Crippen molar-refractivity contribution in [2.75, 3.05) is 20.2 Å². The van der Waals surface area contributed by atoms with Crippen molar-refractivity contribution in [2.24, 2.45) is 5.92 Å². The van der Waals surface area contributed by atoms with Crippen molar-refractivity contribution in [3.05, 3.63) is 74.6 Å². The fourth-order valence-corrected chi connectivity index (χ4v) is 3.95. The maximum atomic E-state index is 13.1. The number of fused-ring (bicyclic) bond motifs is 1. The Morgan fingerprint density at radius 3 is 2.76 bits per heavy atom. The lowest BCUT2D eigenvalue weighted by Gasteiger charge is -2.31. The monoisotopic (exact) mass is 393 g/mol. The summed E-state index contributed by atoms with van der Waals surface area (Å²) in [4.78, 5) is 43.1. The molecule has 0 amide bonds. The van der Waals surface area contributed by atoms with E-state index >= 15 is 0 Å². The topological polar surface area (TPSA) is 95.3 Å². The molecular weight excluding hydrogens is 370 g/mol. The van der Waals surface area contributed by atoms with Crippen molar-refractivity contribution in [3.63, 3.8) is 0 Å². The van der Waals surface area contributed by atoms with E-state index in [9.17, 15) is 14.4 Å². The van der Waals surface area contributed by atoms with Gasteiger partial charge in [0.1, 0.15) is 5.75 Å². The number of carbonyl (C=O) groups is 1. The summed E-state index contributed by atoms with van der Waals surface area (Å²) in [5.74, 6) is 0.806. The van der Waals surface area contributed by atoms with Crippen LogP contribution in [0.15, 0.2) is 52.2 Å². The molecule has 2 heterocycles. The third-order valence-corrected chi connectivity index (χ3v) is 5.50. The molecule has 0 unspecified atom stereocenters. The number of hydrogen-bond donors (Lipinski definition) is 2. The van der Waals surface area contributed by atoms with Crippen LogP contribution in [-0.2, 0) is 6.54 Å². The number of benzene rings is 2. The first-order valence-corrected chi connectivity index (χ1v) is 9.69. The number of piperidine rings is 1. The lowest BCUT2D eigenvalue weighted by molar-refractivity contribution is 0.0811. The smallest absolute Gasteiger partial charge is 0.325 e. The molecule has 3 aromatic rings. The second-order valence-electron chi connectivity index (χ2n) is 7.46. The zero-order valence-corrected chi connectivity index (χ0v) is 16.2. The van der Waals surface area contributed by atoms with Crippen LogP contribution in [0, 0.1) is 5.92 Å². The fraction of sp³-hybridized carbons (Fsp3) is 0.318. The van der Waals surface area contributed by atoms with Crippen molar-refractivity contribution in [1.29, 1.82) is 0 Å². The second-order valence-corrected chi connectivity index (χ2v) is 7.46. The first kappa shape index (κ1) is 19.1. The Morgan fingerprint density at radius 2 is 1.97 bits per heavy atom. The Hall–Kier alpha value is -3.19. The van der Waals surface area contributed by atoms with Gasteiger partial charge in [-0.15, -0.1) is 0 Å². The molecule has 0 spiro atoms. The molecular formula is C22H23N3O4. The summed E-state index contributed by atoms with van der Waals surface area (Å²) in [6.45, 7) is 1.82. The second kappa shape index (κ2) is 8.05. The lowest BCUT2D eigenvalue weighted by Crippen LogP contribution is -2.40. The highest BCUT2D eigenvalue weighted by Crippen LogP contribution is 2.26. The van der Waals surface area contributed by atoms with E-state index in [4.69, 9.17) is 4.74 Å². The minimum atomic E-state index is -0.514. The van der Waals surface area contributed by atoms with Crippen molar-refractivity contribution in [1.82, 2.24) is 14.9 Å².